The van der Waals surface area contributed by atoms with Gasteiger partial charge in [-0.15, -0.1) is 0 Å². The number of carbonyl (C=O) groups is 1. The third-order valence-corrected chi connectivity index (χ3v) is 4.38. The van der Waals surface area contributed by atoms with E-state index in [2.05, 4.69) is 15.5 Å². The predicted molar refractivity (Wildman–Crippen MR) is 86.6 cm³/mol. The Kier molecular flexibility index (Phi) is 5.49. The molecule has 9 heteroatoms. The van der Waals surface area contributed by atoms with Crippen LogP contribution in [0.1, 0.15) is 6.42 Å². The molecule has 1 atom stereocenters. The highest BCUT2D eigenvalue weighted by Crippen LogP contribution is 2.23. The second-order valence-electron chi connectivity index (χ2n) is 5.18. The number of nitrogens with zero attached hydrogens (tertiary/aromatic N) is 1. The van der Waals surface area contributed by atoms with Gasteiger partial charge < -0.3 is 15.5 Å². The lowest BCUT2D eigenvalue weighted by atomic mass is 10.3. The van der Waals surface area contributed by atoms with Gasteiger partial charge in [-0.05, 0) is 24.6 Å². The maximum Gasteiger partial charge on any atom is 0.315 e. The lowest BCUT2D eigenvalue weighted by Crippen LogP contribution is -2.44. The zero-order valence-corrected chi connectivity index (χ0v) is 13.5. The van der Waals surface area contributed by atoms with E-state index in [0.717, 1.165) is 18.7 Å². The van der Waals surface area contributed by atoms with Gasteiger partial charge in [-0.2, -0.15) is 0 Å². The lowest BCUT2D eigenvalue weighted by Gasteiger charge is -2.19. The molecule has 4 N–H and O–H groups in total. The largest absolute Gasteiger partial charge is 0.369 e. The number of halogens is 1. The van der Waals surface area contributed by atoms with Crippen LogP contribution < -0.4 is 20.7 Å². The van der Waals surface area contributed by atoms with Gasteiger partial charge in [0.25, 0.3) is 0 Å². The number of amides is 2. The Labute approximate surface area is 134 Å². The summed E-state index contributed by atoms with van der Waals surface area (Å²) in [5.41, 5.74) is 1.02. The fourth-order valence-corrected chi connectivity index (χ4v) is 2.90. The van der Waals surface area contributed by atoms with Gasteiger partial charge in [0.1, 0.15) is 0 Å². The summed E-state index contributed by atoms with van der Waals surface area (Å²) in [6.07, 6.45) is 0.815. The molecule has 0 radical (unpaired) electrons. The molecule has 1 saturated heterocycles. The quantitative estimate of drug-likeness (QED) is 0.722. The fraction of sp³-hybridized carbons (Fsp3) is 0.462. The Morgan fingerprint density at radius 3 is 2.91 bits per heavy atom. The summed E-state index contributed by atoms with van der Waals surface area (Å²) in [6.45, 7) is 1.50. The molecule has 0 aliphatic carbocycles. The average molecular weight is 347 g/mol. The summed E-state index contributed by atoms with van der Waals surface area (Å²) in [7, 11) is -3.56. The van der Waals surface area contributed by atoms with Gasteiger partial charge in [0.2, 0.25) is 10.0 Å². The number of carbonyl (C=O) groups excluding carboxylic acids is 1. The second-order valence-corrected chi connectivity index (χ2v) is 7.35. The van der Waals surface area contributed by atoms with Crippen molar-refractivity contribution >= 4 is 33.3 Å². The first-order chi connectivity index (χ1) is 10.3. The number of nitrogens with two attached hydrogens (primary N) is 1. The number of benzene rings is 1. The lowest BCUT2D eigenvalue weighted by molar-refractivity contribution is 0.238. The van der Waals surface area contributed by atoms with E-state index in [1.54, 1.807) is 0 Å². The van der Waals surface area contributed by atoms with Crippen LogP contribution in [0.4, 0.5) is 10.5 Å². The van der Waals surface area contributed by atoms with Crippen molar-refractivity contribution in [1.29, 1.82) is 0 Å². The van der Waals surface area contributed by atoms with Crippen molar-refractivity contribution in [2.24, 2.45) is 5.14 Å². The minimum atomic E-state index is -3.56. The van der Waals surface area contributed by atoms with Crippen molar-refractivity contribution in [2.45, 2.75) is 12.5 Å². The van der Waals surface area contributed by atoms with Gasteiger partial charge in [-0.25, -0.2) is 18.4 Å². The first-order valence-electron chi connectivity index (χ1n) is 6.89. The van der Waals surface area contributed by atoms with Gasteiger partial charge in [0.15, 0.2) is 0 Å². The first-order valence-corrected chi connectivity index (χ1v) is 8.98. The molecule has 2 amide bonds. The van der Waals surface area contributed by atoms with E-state index in [9.17, 15) is 13.2 Å². The zero-order valence-electron chi connectivity index (χ0n) is 12.0. The summed E-state index contributed by atoms with van der Waals surface area (Å²) in [6, 6.07) is 7.18. The van der Waals surface area contributed by atoms with Crippen molar-refractivity contribution in [2.75, 3.05) is 30.3 Å². The van der Waals surface area contributed by atoms with Crippen LogP contribution >= 0.6 is 11.6 Å². The molecule has 1 aromatic rings. The van der Waals surface area contributed by atoms with Crippen LogP contribution in [-0.2, 0) is 10.0 Å². The molecule has 122 valence electrons. The topological polar surface area (TPSA) is 105 Å². The molecule has 1 aliphatic rings. The molecule has 1 heterocycles. The van der Waals surface area contributed by atoms with E-state index in [-0.39, 0.29) is 24.4 Å². The van der Waals surface area contributed by atoms with Crippen LogP contribution in [0.2, 0.25) is 5.02 Å². The van der Waals surface area contributed by atoms with Crippen LogP contribution in [-0.4, -0.2) is 45.9 Å². The number of sulfonamides is 1. The van der Waals surface area contributed by atoms with E-state index in [4.69, 9.17) is 16.7 Å². The molecular formula is C13H19ClN4O3S. The average Bonchev–Trinajstić information content (AvgIpc) is 2.85. The molecule has 0 bridgehead atoms. The number of nitrogens with one attached hydrogen (secondary N) is 2. The Morgan fingerprint density at radius 2 is 2.23 bits per heavy atom. The molecule has 0 spiro atoms. The Morgan fingerprint density at radius 1 is 1.45 bits per heavy atom. The third-order valence-electron chi connectivity index (χ3n) is 3.37. The van der Waals surface area contributed by atoms with E-state index >= 15 is 0 Å². The molecule has 22 heavy (non-hydrogen) atoms. The minimum absolute atomic E-state index is 0.00457. The Hall–Kier alpha value is -1.51. The first kappa shape index (κ1) is 16.9. The zero-order chi connectivity index (χ0) is 16.2. The number of urea groups is 1. The smallest absolute Gasteiger partial charge is 0.315 e. The van der Waals surface area contributed by atoms with Crippen molar-refractivity contribution in [3.63, 3.8) is 0 Å². The summed E-state index contributed by atoms with van der Waals surface area (Å²) in [5, 5.41) is 10.8. The normalized spacial score (nSPS) is 18.3. The number of anilines is 1. The van der Waals surface area contributed by atoms with Crippen molar-refractivity contribution in [3.8, 4) is 0 Å². The Bertz CT molecular complexity index is 638. The monoisotopic (exact) mass is 346 g/mol. The maximum atomic E-state index is 11.7. The van der Waals surface area contributed by atoms with Crippen LogP contribution in [0.5, 0.6) is 0 Å². The molecule has 0 aromatic heterocycles. The molecule has 1 aromatic carbocycles. The standard InChI is InChI=1S/C13H19ClN4O3S/c14-10-2-1-3-12(8-10)18-6-4-11(9-18)17-13(19)16-5-7-22(15,20)21/h1-3,8,11H,4-7,9H2,(H2,15,20,21)(H2,16,17,19). The molecule has 7 nitrogen and oxygen atoms in total. The molecule has 2 rings (SSSR count). The molecule has 1 aliphatic heterocycles. The number of hydrogen-bond acceptors (Lipinski definition) is 4. The van der Waals surface area contributed by atoms with E-state index in [0.29, 0.717) is 11.6 Å². The second kappa shape index (κ2) is 7.17. The van der Waals surface area contributed by atoms with Gasteiger partial charge >= 0.3 is 6.03 Å². The van der Waals surface area contributed by atoms with Gasteiger partial charge in [-0.3, -0.25) is 0 Å². The summed E-state index contributed by atoms with van der Waals surface area (Å²) in [5.74, 6) is -0.278. The van der Waals surface area contributed by atoms with Crippen LogP contribution in [0.3, 0.4) is 0 Å². The predicted octanol–water partition coefficient (Wildman–Crippen LogP) is 0.506. The highest BCUT2D eigenvalue weighted by atomic mass is 35.5. The minimum Gasteiger partial charge on any atom is -0.369 e. The van der Waals surface area contributed by atoms with Crippen molar-refractivity contribution in [1.82, 2.24) is 10.6 Å². The van der Waals surface area contributed by atoms with E-state index < -0.39 is 10.0 Å². The fourth-order valence-electron chi connectivity index (χ4n) is 2.33. The maximum absolute atomic E-state index is 11.7. The van der Waals surface area contributed by atoms with Gasteiger partial charge in [-0.1, -0.05) is 17.7 Å². The third kappa shape index (κ3) is 5.36. The van der Waals surface area contributed by atoms with Crippen molar-refractivity contribution < 1.29 is 13.2 Å². The highest BCUT2D eigenvalue weighted by Gasteiger charge is 2.24. The van der Waals surface area contributed by atoms with E-state index in [1.165, 1.54) is 0 Å². The van der Waals surface area contributed by atoms with Crippen molar-refractivity contribution in [3.05, 3.63) is 29.3 Å². The van der Waals surface area contributed by atoms with Crippen LogP contribution in [0.25, 0.3) is 0 Å². The number of hydrogen-bond donors (Lipinski definition) is 3. The van der Waals surface area contributed by atoms with E-state index in [1.807, 2.05) is 24.3 Å². The van der Waals surface area contributed by atoms with Gasteiger partial charge in [0, 0.05) is 36.4 Å². The molecule has 1 unspecified atom stereocenters. The molecule has 1 fully saturated rings. The van der Waals surface area contributed by atoms with Crippen LogP contribution in [0.15, 0.2) is 24.3 Å². The van der Waals surface area contributed by atoms with Gasteiger partial charge in [0.05, 0.1) is 5.75 Å². The highest BCUT2D eigenvalue weighted by molar-refractivity contribution is 7.89. The summed E-state index contributed by atoms with van der Waals surface area (Å²) in [4.78, 5) is 13.8. The molecular weight excluding hydrogens is 328 g/mol. The number of primary sulfonamides is 1. The van der Waals surface area contributed by atoms with Crippen LogP contribution in [0, 0.1) is 0 Å². The summed E-state index contributed by atoms with van der Waals surface area (Å²) >= 11 is 5.97. The Balaban J connectivity index is 1.77. The SMILES string of the molecule is NS(=O)(=O)CCNC(=O)NC1CCN(c2cccc(Cl)c2)C1. The molecule has 0 saturated carbocycles. The summed E-state index contributed by atoms with van der Waals surface area (Å²) < 4.78 is 21.5. The number of rotatable bonds is 5.